The molecular weight excluding hydrogens is 280 g/mol. The van der Waals surface area contributed by atoms with Gasteiger partial charge in [0, 0.05) is 18.0 Å². The van der Waals surface area contributed by atoms with Crippen LogP contribution in [0.2, 0.25) is 0 Å². The van der Waals surface area contributed by atoms with Gasteiger partial charge in [0.1, 0.15) is 5.56 Å². The van der Waals surface area contributed by atoms with Crippen LogP contribution in [0.5, 0.6) is 0 Å². The van der Waals surface area contributed by atoms with Crippen LogP contribution in [0.3, 0.4) is 0 Å². The summed E-state index contributed by atoms with van der Waals surface area (Å²) in [5.41, 5.74) is 0.782. The highest BCUT2D eigenvalue weighted by Gasteiger charge is 2.30. The number of carbonyl (C=O) groups is 1. The number of alkyl halides is 1. The third-order valence-electron chi connectivity index (χ3n) is 3.77. The zero-order chi connectivity index (χ0) is 14.7. The summed E-state index contributed by atoms with van der Waals surface area (Å²) in [5.74, 6) is 0.368. The summed E-state index contributed by atoms with van der Waals surface area (Å²) in [5, 5.41) is 13.9. The second kappa shape index (κ2) is 6.22. The van der Waals surface area contributed by atoms with Crippen LogP contribution in [-0.4, -0.2) is 22.8 Å². The van der Waals surface area contributed by atoms with Crippen LogP contribution in [-0.2, 0) is 0 Å². The molecule has 0 heterocycles. The fourth-order valence-corrected chi connectivity index (χ4v) is 3.02. The molecule has 0 spiro atoms. The van der Waals surface area contributed by atoms with E-state index >= 15 is 0 Å². The van der Waals surface area contributed by atoms with Crippen LogP contribution in [0.4, 0.5) is 5.69 Å². The van der Waals surface area contributed by atoms with Crippen molar-refractivity contribution in [1.29, 1.82) is 0 Å². The third-order valence-corrected chi connectivity index (χ3v) is 4.16. The minimum atomic E-state index is -0.526. The van der Waals surface area contributed by atoms with Crippen molar-refractivity contribution in [1.82, 2.24) is 5.32 Å². The summed E-state index contributed by atoms with van der Waals surface area (Å²) < 4.78 is 0. The van der Waals surface area contributed by atoms with Gasteiger partial charge >= 0.3 is 0 Å². The minimum Gasteiger partial charge on any atom is -0.349 e. The normalized spacial score (nSPS) is 21.7. The van der Waals surface area contributed by atoms with E-state index in [9.17, 15) is 14.9 Å². The number of hydrogen-bond acceptors (Lipinski definition) is 3. The van der Waals surface area contributed by atoms with Gasteiger partial charge in [-0.05, 0) is 37.3 Å². The lowest BCUT2D eigenvalue weighted by Gasteiger charge is -2.18. The van der Waals surface area contributed by atoms with E-state index in [-0.39, 0.29) is 29.1 Å². The van der Waals surface area contributed by atoms with Gasteiger partial charge < -0.3 is 5.32 Å². The van der Waals surface area contributed by atoms with Gasteiger partial charge in [0.2, 0.25) is 0 Å². The quantitative estimate of drug-likeness (QED) is 0.527. The number of nitro groups is 1. The molecule has 2 unspecified atom stereocenters. The second-order valence-electron chi connectivity index (χ2n) is 5.20. The Balaban J connectivity index is 2.20. The number of benzene rings is 1. The van der Waals surface area contributed by atoms with E-state index < -0.39 is 4.92 Å². The highest BCUT2D eigenvalue weighted by atomic mass is 35.5. The van der Waals surface area contributed by atoms with E-state index in [1.807, 2.05) is 0 Å². The molecule has 20 heavy (non-hydrogen) atoms. The number of carbonyl (C=O) groups excluding carboxylic acids is 1. The summed E-state index contributed by atoms with van der Waals surface area (Å²) in [4.78, 5) is 22.8. The molecule has 1 aliphatic rings. The smallest absolute Gasteiger partial charge is 0.282 e. The molecule has 1 aromatic carbocycles. The van der Waals surface area contributed by atoms with Gasteiger partial charge in [-0.25, -0.2) is 0 Å². The van der Waals surface area contributed by atoms with Gasteiger partial charge in [-0.3, -0.25) is 14.9 Å². The lowest BCUT2D eigenvalue weighted by atomic mass is 10.0. The summed E-state index contributed by atoms with van der Waals surface area (Å²) in [7, 11) is 0. The monoisotopic (exact) mass is 296 g/mol. The van der Waals surface area contributed by atoms with Crippen LogP contribution < -0.4 is 5.32 Å². The van der Waals surface area contributed by atoms with Crippen LogP contribution in [0.25, 0.3) is 0 Å². The van der Waals surface area contributed by atoms with E-state index in [2.05, 4.69) is 5.32 Å². The molecule has 108 valence electrons. The molecule has 0 aliphatic heterocycles. The van der Waals surface area contributed by atoms with Crippen LogP contribution in [0.1, 0.15) is 35.2 Å². The maximum Gasteiger partial charge on any atom is 0.282 e. The zero-order valence-corrected chi connectivity index (χ0v) is 12.0. The van der Waals surface area contributed by atoms with Gasteiger partial charge in [-0.2, -0.15) is 0 Å². The number of rotatable bonds is 4. The number of halogens is 1. The molecular formula is C14H17ClN2O3. The maximum atomic E-state index is 12.3. The van der Waals surface area contributed by atoms with Crippen molar-refractivity contribution in [2.24, 2.45) is 5.92 Å². The number of nitrogens with zero attached hydrogens (tertiary/aromatic N) is 1. The average molecular weight is 297 g/mol. The lowest BCUT2D eigenvalue weighted by Crippen LogP contribution is -2.38. The Labute approximate surface area is 122 Å². The summed E-state index contributed by atoms with van der Waals surface area (Å²) in [6.07, 6.45) is 2.89. The minimum absolute atomic E-state index is 0.0140. The van der Waals surface area contributed by atoms with E-state index in [1.54, 1.807) is 19.1 Å². The first kappa shape index (κ1) is 14.8. The SMILES string of the molecule is Cc1ccc([N+](=O)[O-])c(C(=O)NC2CCCC2CCl)c1. The predicted octanol–water partition coefficient (Wildman–Crippen LogP) is 3.04. The molecule has 1 aromatic rings. The summed E-state index contributed by atoms with van der Waals surface area (Å²) >= 11 is 5.88. The molecule has 0 bridgehead atoms. The van der Waals surface area contributed by atoms with Crippen molar-refractivity contribution in [2.75, 3.05) is 5.88 Å². The fourth-order valence-electron chi connectivity index (χ4n) is 2.65. The Hall–Kier alpha value is -1.62. The molecule has 1 saturated carbocycles. The number of amides is 1. The highest BCUT2D eigenvalue weighted by molar-refractivity contribution is 6.18. The van der Waals surface area contributed by atoms with Crippen molar-refractivity contribution >= 4 is 23.2 Å². The molecule has 1 fully saturated rings. The van der Waals surface area contributed by atoms with E-state index in [1.165, 1.54) is 6.07 Å². The molecule has 0 radical (unpaired) electrons. The Morgan fingerprint density at radius 2 is 2.25 bits per heavy atom. The molecule has 1 aliphatic carbocycles. The van der Waals surface area contributed by atoms with Gasteiger partial charge in [0.15, 0.2) is 0 Å². The molecule has 2 atom stereocenters. The Morgan fingerprint density at radius 1 is 1.50 bits per heavy atom. The van der Waals surface area contributed by atoms with Gasteiger partial charge in [-0.1, -0.05) is 12.5 Å². The Morgan fingerprint density at radius 3 is 2.90 bits per heavy atom. The highest BCUT2D eigenvalue weighted by Crippen LogP contribution is 2.27. The number of hydrogen-bond donors (Lipinski definition) is 1. The van der Waals surface area contributed by atoms with E-state index in [4.69, 9.17) is 11.6 Å². The van der Waals surface area contributed by atoms with Crippen LogP contribution in [0, 0.1) is 23.0 Å². The van der Waals surface area contributed by atoms with Gasteiger partial charge in [-0.15, -0.1) is 11.6 Å². The molecule has 1 N–H and O–H groups in total. The standard InChI is InChI=1S/C14H17ClN2O3/c1-9-5-6-13(17(19)20)11(7-9)14(18)16-12-4-2-3-10(12)8-15/h5-7,10,12H,2-4,8H2,1H3,(H,16,18). The number of nitrogens with one attached hydrogen (secondary N) is 1. The van der Waals surface area contributed by atoms with Crippen molar-refractivity contribution in [3.8, 4) is 0 Å². The topological polar surface area (TPSA) is 72.2 Å². The molecule has 0 saturated heterocycles. The van der Waals surface area contributed by atoms with Crippen molar-refractivity contribution in [2.45, 2.75) is 32.2 Å². The summed E-state index contributed by atoms with van der Waals surface area (Å²) in [6, 6.07) is 4.57. The largest absolute Gasteiger partial charge is 0.349 e. The maximum absolute atomic E-state index is 12.3. The van der Waals surface area contributed by atoms with Crippen molar-refractivity contribution in [3.05, 3.63) is 39.4 Å². The fraction of sp³-hybridized carbons (Fsp3) is 0.500. The first-order chi connectivity index (χ1) is 9.52. The average Bonchev–Trinajstić information content (AvgIpc) is 2.85. The Bertz CT molecular complexity index is 533. The Kier molecular flexibility index (Phi) is 4.60. The number of aryl methyl sites for hydroxylation is 1. The van der Waals surface area contributed by atoms with Gasteiger partial charge in [0.05, 0.1) is 4.92 Å². The lowest BCUT2D eigenvalue weighted by molar-refractivity contribution is -0.385. The second-order valence-corrected chi connectivity index (χ2v) is 5.51. The number of nitro benzene ring substituents is 1. The molecule has 5 nitrogen and oxygen atoms in total. The summed E-state index contributed by atoms with van der Waals surface area (Å²) in [6.45, 7) is 1.80. The van der Waals surface area contributed by atoms with Crippen LogP contribution in [0.15, 0.2) is 18.2 Å². The van der Waals surface area contributed by atoms with Crippen molar-refractivity contribution in [3.63, 3.8) is 0 Å². The first-order valence-corrected chi connectivity index (χ1v) is 7.18. The van der Waals surface area contributed by atoms with Crippen LogP contribution >= 0.6 is 11.6 Å². The van der Waals surface area contributed by atoms with E-state index in [0.717, 1.165) is 24.8 Å². The predicted molar refractivity (Wildman–Crippen MR) is 77.1 cm³/mol. The first-order valence-electron chi connectivity index (χ1n) is 6.64. The third kappa shape index (κ3) is 3.10. The molecule has 0 aromatic heterocycles. The van der Waals surface area contributed by atoms with E-state index in [0.29, 0.717) is 5.88 Å². The zero-order valence-electron chi connectivity index (χ0n) is 11.3. The molecule has 2 rings (SSSR count). The molecule has 6 heteroatoms. The molecule has 1 amide bonds. The van der Waals surface area contributed by atoms with Gasteiger partial charge in [0.25, 0.3) is 11.6 Å². The van der Waals surface area contributed by atoms with Crippen molar-refractivity contribution < 1.29 is 9.72 Å².